The maximum Gasteiger partial charge on any atom is 0.325 e. The van der Waals surface area contributed by atoms with Gasteiger partial charge in [-0.25, -0.2) is 0 Å². The first-order chi connectivity index (χ1) is 15.0. The Kier molecular flexibility index (Phi) is 10.8. The van der Waals surface area contributed by atoms with E-state index in [1.54, 1.807) is 45.0 Å². The molecule has 32 heavy (non-hydrogen) atoms. The van der Waals surface area contributed by atoms with E-state index < -0.39 is 47.8 Å². The Morgan fingerprint density at radius 3 is 2.06 bits per heavy atom. The van der Waals surface area contributed by atoms with Gasteiger partial charge in [0.05, 0.1) is 19.6 Å². The van der Waals surface area contributed by atoms with Gasteiger partial charge in [-0.1, -0.05) is 30.3 Å². The number of nitrogens with one attached hydrogen (secondary N) is 4. The first kappa shape index (κ1) is 26.6. The van der Waals surface area contributed by atoms with Crippen LogP contribution in [-0.4, -0.2) is 67.4 Å². The van der Waals surface area contributed by atoms with E-state index in [0.717, 1.165) is 5.56 Å². The summed E-state index contributed by atoms with van der Waals surface area (Å²) in [6.45, 7) is 3.77. The standard InChI is InChI=1S/C21H31N5O6/c1-21(2,3)32-19(30)13-24-17(28)11-25-20(31)15(9-14-7-5-4-6-8-14)26-18(29)12-23-16(27)10-22/h4-8,15H,9-13,22H2,1-3H3,(H,23,27)(H,24,28)(H,25,31)(H,26,29)/t15-/m0/s1. The minimum Gasteiger partial charge on any atom is -0.459 e. The van der Waals surface area contributed by atoms with Crippen molar-refractivity contribution >= 4 is 29.6 Å². The van der Waals surface area contributed by atoms with Crippen LogP contribution in [0.15, 0.2) is 30.3 Å². The highest BCUT2D eigenvalue weighted by atomic mass is 16.6. The molecular weight excluding hydrogens is 418 g/mol. The number of esters is 1. The van der Waals surface area contributed by atoms with Crippen molar-refractivity contribution in [2.45, 2.75) is 38.8 Å². The van der Waals surface area contributed by atoms with E-state index in [-0.39, 0.29) is 26.1 Å². The van der Waals surface area contributed by atoms with Crippen molar-refractivity contribution in [2.24, 2.45) is 5.73 Å². The summed E-state index contributed by atoms with van der Waals surface area (Å²) in [5.41, 5.74) is 5.28. The Hall–Kier alpha value is -3.47. The van der Waals surface area contributed by atoms with Crippen LogP contribution in [0.3, 0.4) is 0 Å². The van der Waals surface area contributed by atoms with Crippen LogP contribution in [-0.2, 0) is 35.1 Å². The van der Waals surface area contributed by atoms with Gasteiger partial charge in [0.2, 0.25) is 23.6 Å². The largest absolute Gasteiger partial charge is 0.459 e. The Labute approximate surface area is 186 Å². The van der Waals surface area contributed by atoms with Gasteiger partial charge in [0.15, 0.2) is 0 Å². The molecule has 0 aromatic heterocycles. The van der Waals surface area contributed by atoms with Gasteiger partial charge >= 0.3 is 5.97 Å². The second-order valence-electron chi connectivity index (χ2n) is 7.87. The molecule has 11 heteroatoms. The van der Waals surface area contributed by atoms with Crippen LogP contribution >= 0.6 is 0 Å². The first-order valence-corrected chi connectivity index (χ1v) is 10.1. The lowest BCUT2D eigenvalue weighted by Crippen LogP contribution is -2.52. The Bertz CT molecular complexity index is 807. The molecule has 0 saturated carbocycles. The summed E-state index contributed by atoms with van der Waals surface area (Å²) in [6, 6.07) is 7.98. The number of carbonyl (C=O) groups is 5. The third-order valence-electron chi connectivity index (χ3n) is 3.84. The minimum absolute atomic E-state index is 0.169. The molecule has 0 aliphatic rings. The monoisotopic (exact) mass is 449 g/mol. The molecule has 176 valence electrons. The van der Waals surface area contributed by atoms with E-state index in [1.807, 2.05) is 6.07 Å². The Morgan fingerprint density at radius 2 is 1.47 bits per heavy atom. The van der Waals surface area contributed by atoms with Crippen molar-refractivity contribution in [2.75, 3.05) is 26.2 Å². The zero-order valence-electron chi connectivity index (χ0n) is 18.5. The maximum absolute atomic E-state index is 12.6. The molecule has 0 fully saturated rings. The summed E-state index contributed by atoms with van der Waals surface area (Å²) in [5, 5.41) is 9.64. The molecular formula is C21H31N5O6. The molecule has 6 N–H and O–H groups in total. The molecule has 0 spiro atoms. The van der Waals surface area contributed by atoms with Crippen molar-refractivity contribution < 1.29 is 28.7 Å². The van der Waals surface area contributed by atoms with E-state index >= 15 is 0 Å². The van der Waals surface area contributed by atoms with Crippen LogP contribution in [0.25, 0.3) is 0 Å². The number of amides is 4. The summed E-state index contributed by atoms with van der Waals surface area (Å²) in [4.78, 5) is 59.5. The molecule has 1 rings (SSSR count). The molecule has 0 radical (unpaired) electrons. The van der Waals surface area contributed by atoms with Gasteiger partial charge in [-0.3, -0.25) is 24.0 Å². The second-order valence-corrected chi connectivity index (χ2v) is 7.87. The molecule has 0 aliphatic heterocycles. The average Bonchev–Trinajstić information content (AvgIpc) is 2.73. The second kappa shape index (κ2) is 13.1. The number of carbonyl (C=O) groups excluding carboxylic acids is 5. The summed E-state index contributed by atoms with van der Waals surface area (Å²) in [5.74, 6) is -2.89. The van der Waals surface area contributed by atoms with Gasteiger partial charge in [-0.2, -0.15) is 0 Å². The Morgan fingerprint density at radius 1 is 0.875 bits per heavy atom. The van der Waals surface area contributed by atoms with Crippen LogP contribution in [0.2, 0.25) is 0 Å². The number of ether oxygens (including phenoxy) is 1. The number of benzene rings is 1. The molecule has 0 bridgehead atoms. The molecule has 4 amide bonds. The third kappa shape index (κ3) is 11.6. The zero-order valence-corrected chi connectivity index (χ0v) is 18.5. The van der Waals surface area contributed by atoms with Crippen molar-refractivity contribution in [3.05, 3.63) is 35.9 Å². The van der Waals surface area contributed by atoms with E-state index in [9.17, 15) is 24.0 Å². The smallest absolute Gasteiger partial charge is 0.325 e. The molecule has 0 heterocycles. The summed E-state index contributed by atoms with van der Waals surface area (Å²) < 4.78 is 5.08. The van der Waals surface area contributed by atoms with Crippen LogP contribution in [0.4, 0.5) is 0 Å². The van der Waals surface area contributed by atoms with Crippen molar-refractivity contribution in [1.29, 1.82) is 0 Å². The average molecular weight is 450 g/mol. The quantitative estimate of drug-likeness (QED) is 0.252. The maximum atomic E-state index is 12.6. The minimum atomic E-state index is -0.988. The van der Waals surface area contributed by atoms with E-state index in [0.29, 0.717) is 0 Å². The number of hydrogen-bond acceptors (Lipinski definition) is 7. The van der Waals surface area contributed by atoms with Gasteiger partial charge in [0, 0.05) is 6.42 Å². The fraction of sp³-hybridized carbons (Fsp3) is 0.476. The molecule has 11 nitrogen and oxygen atoms in total. The summed E-state index contributed by atoms with van der Waals surface area (Å²) in [6.07, 6.45) is 0.169. The fourth-order valence-electron chi connectivity index (χ4n) is 2.46. The highest BCUT2D eigenvalue weighted by Crippen LogP contribution is 2.06. The van der Waals surface area contributed by atoms with Crippen molar-refractivity contribution in [3.63, 3.8) is 0 Å². The normalized spacial score (nSPS) is 11.6. The van der Waals surface area contributed by atoms with Crippen LogP contribution in [0.5, 0.6) is 0 Å². The molecule has 1 aromatic rings. The van der Waals surface area contributed by atoms with Gasteiger partial charge in [0.25, 0.3) is 0 Å². The lowest BCUT2D eigenvalue weighted by atomic mass is 10.1. The SMILES string of the molecule is CC(C)(C)OC(=O)CNC(=O)CNC(=O)[C@H](Cc1ccccc1)NC(=O)CNC(=O)CN. The molecule has 0 saturated heterocycles. The lowest BCUT2D eigenvalue weighted by molar-refractivity contribution is -0.154. The zero-order chi connectivity index (χ0) is 24.1. The third-order valence-corrected chi connectivity index (χ3v) is 3.84. The molecule has 1 atom stereocenters. The predicted molar refractivity (Wildman–Crippen MR) is 116 cm³/mol. The highest BCUT2D eigenvalue weighted by molar-refractivity contribution is 5.92. The van der Waals surface area contributed by atoms with Gasteiger partial charge in [-0.05, 0) is 26.3 Å². The fourth-order valence-corrected chi connectivity index (χ4v) is 2.46. The van der Waals surface area contributed by atoms with Crippen LogP contribution in [0.1, 0.15) is 26.3 Å². The number of hydrogen-bond donors (Lipinski definition) is 5. The van der Waals surface area contributed by atoms with Gasteiger partial charge in [0.1, 0.15) is 18.2 Å². The van der Waals surface area contributed by atoms with Crippen LogP contribution < -0.4 is 27.0 Å². The van der Waals surface area contributed by atoms with Crippen molar-refractivity contribution in [1.82, 2.24) is 21.3 Å². The molecule has 0 unspecified atom stereocenters. The highest BCUT2D eigenvalue weighted by Gasteiger charge is 2.22. The van der Waals surface area contributed by atoms with E-state index in [1.165, 1.54) is 0 Å². The Balaban J connectivity index is 2.62. The van der Waals surface area contributed by atoms with E-state index in [2.05, 4.69) is 21.3 Å². The van der Waals surface area contributed by atoms with E-state index in [4.69, 9.17) is 10.5 Å². The summed E-state index contributed by atoms with van der Waals surface area (Å²) >= 11 is 0. The lowest BCUT2D eigenvalue weighted by Gasteiger charge is -2.20. The molecule has 0 aliphatic carbocycles. The first-order valence-electron chi connectivity index (χ1n) is 10.1. The van der Waals surface area contributed by atoms with Crippen molar-refractivity contribution in [3.8, 4) is 0 Å². The number of rotatable bonds is 11. The molecule has 1 aromatic carbocycles. The number of nitrogens with two attached hydrogens (primary N) is 1. The topological polar surface area (TPSA) is 169 Å². The summed E-state index contributed by atoms with van der Waals surface area (Å²) in [7, 11) is 0. The van der Waals surface area contributed by atoms with Gasteiger partial charge < -0.3 is 31.7 Å². The van der Waals surface area contributed by atoms with Gasteiger partial charge in [-0.15, -0.1) is 0 Å². The predicted octanol–water partition coefficient (Wildman–Crippen LogP) is -1.64. The van der Waals surface area contributed by atoms with Crippen LogP contribution in [0, 0.1) is 0 Å².